The number of benzene rings is 2. The summed E-state index contributed by atoms with van der Waals surface area (Å²) in [4.78, 5) is 26.8. The van der Waals surface area contributed by atoms with Crippen molar-refractivity contribution in [3.05, 3.63) is 74.6 Å². The average molecular weight is 483 g/mol. The molecule has 1 aromatic heterocycles. The van der Waals surface area contributed by atoms with Gasteiger partial charge in [0.1, 0.15) is 11.2 Å². The maximum atomic E-state index is 13.0. The zero-order valence-electron chi connectivity index (χ0n) is 18.2. The third-order valence-corrected chi connectivity index (χ3v) is 7.62. The molecule has 170 valence electrons. The summed E-state index contributed by atoms with van der Waals surface area (Å²) >= 11 is 7.79. The van der Waals surface area contributed by atoms with Crippen LogP contribution in [0.1, 0.15) is 56.2 Å². The van der Waals surface area contributed by atoms with E-state index in [1.807, 2.05) is 0 Å². The van der Waals surface area contributed by atoms with Gasteiger partial charge < -0.3 is 20.1 Å². The van der Waals surface area contributed by atoms with Gasteiger partial charge in [0.2, 0.25) is 0 Å². The molecule has 8 heteroatoms. The molecule has 3 aromatic rings. The van der Waals surface area contributed by atoms with Crippen LogP contribution < -0.4 is 20.1 Å². The van der Waals surface area contributed by atoms with E-state index < -0.39 is 12.1 Å². The van der Waals surface area contributed by atoms with Gasteiger partial charge in [-0.05, 0) is 60.6 Å². The fourth-order valence-electron chi connectivity index (χ4n) is 4.36. The number of nitrogens with one attached hydrogen (secondary N) is 2. The van der Waals surface area contributed by atoms with Gasteiger partial charge in [0.25, 0.3) is 5.91 Å². The van der Waals surface area contributed by atoms with E-state index in [9.17, 15) is 9.59 Å². The van der Waals surface area contributed by atoms with Crippen LogP contribution in [-0.4, -0.2) is 19.0 Å². The minimum Gasteiger partial charge on any atom is -0.493 e. The molecule has 0 fully saturated rings. The lowest BCUT2D eigenvalue weighted by Gasteiger charge is -2.27. The summed E-state index contributed by atoms with van der Waals surface area (Å²) in [6.45, 7) is 2.25. The molecule has 2 atom stereocenters. The Bertz CT molecular complexity index is 1260. The molecule has 2 heterocycles. The number of esters is 1. The van der Waals surface area contributed by atoms with Crippen LogP contribution in [0.25, 0.3) is 0 Å². The van der Waals surface area contributed by atoms with Gasteiger partial charge >= 0.3 is 5.97 Å². The molecule has 0 radical (unpaired) electrons. The molecule has 0 bridgehead atoms. The lowest BCUT2D eigenvalue weighted by Crippen LogP contribution is -2.38. The van der Waals surface area contributed by atoms with Gasteiger partial charge in [-0.15, -0.1) is 11.3 Å². The van der Waals surface area contributed by atoms with Crippen LogP contribution in [0.5, 0.6) is 11.5 Å². The van der Waals surface area contributed by atoms with E-state index in [0.29, 0.717) is 16.7 Å². The van der Waals surface area contributed by atoms with Crippen LogP contribution in [0, 0.1) is 5.92 Å². The molecular weight excluding hydrogens is 460 g/mol. The van der Waals surface area contributed by atoms with Gasteiger partial charge in [0.05, 0.1) is 23.3 Å². The summed E-state index contributed by atoms with van der Waals surface area (Å²) in [6, 6.07) is 11.9. The fraction of sp³-hybridized carbons (Fsp3) is 0.280. The van der Waals surface area contributed by atoms with E-state index in [4.69, 9.17) is 21.1 Å². The molecule has 2 aliphatic rings. The van der Waals surface area contributed by atoms with Gasteiger partial charge in [-0.2, -0.15) is 0 Å². The predicted molar refractivity (Wildman–Crippen MR) is 129 cm³/mol. The molecule has 1 amide bonds. The first-order valence-corrected chi connectivity index (χ1v) is 12.0. The molecule has 33 heavy (non-hydrogen) atoms. The molecule has 2 aromatic carbocycles. The van der Waals surface area contributed by atoms with E-state index in [1.54, 1.807) is 53.8 Å². The number of hydrogen-bond acceptors (Lipinski definition) is 6. The van der Waals surface area contributed by atoms with Gasteiger partial charge in [-0.3, -0.25) is 4.79 Å². The molecular formula is C25H23ClN2O4S. The average Bonchev–Trinajstić information content (AvgIpc) is 3.17. The Labute approximate surface area is 200 Å². The molecule has 0 spiro atoms. The Hall–Kier alpha value is -3.03. The number of rotatable bonds is 4. The summed E-state index contributed by atoms with van der Waals surface area (Å²) in [5, 5.41) is 7.75. The van der Waals surface area contributed by atoms with E-state index >= 15 is 0 Å². The van der Waals surface area contributed by atoms with E-state index in [1.165, 1.54) is 17.6 Å². The number of fused-ring (bicyclic) bond motifs is 3. The lowest BCUT2D eigenvalue weighted by molar-refractivity contribution is 0.0729. The summed E-state index contributed by atoms with van der Waals surface area (Å²) in [7, 11) is 1.51. The first kappa shape index (κ1) is 21.8. The number of carbonyl (C=O) groups excluding carboxylic acids is 2. The first-order valence-electron chi connectivity index (χ1n) is 10.8. The van der Waals surface area contributed by atoms with Crippen LogP contribution in [0.2, 0.25) is 5.02 Å². The number of carbonyl (C=O) groups is 2. The molecule has 1 aliphatic carbocycles. The van der Waals surface area contributed by atoms with Crippen LogP contribution >= 0.6 is 22.9 Å². The van der Waals surface area contributed by atoms with Crippen molar-refractivity contribution in [2.24, 2.45) is 5.92 Å². The first-order chi connectivity index (χ1) is 15.9. The van der Waals surface area contributed by atoms with Crippen LogP contribution in [0.4, 0.5) is 5.00 Å². The van der Waals surface area contributed by atoms with Crippen molar-refractivity contribution >= 4 is 39.8 Å². The molecule has 2 N–H and O–H groups in total. The third-order valence-electron chi connectivity index (χ3n) is 6.11. The van der Waals surface area contributed by atoms with Gasteiger partial charge in [-0.25, -0.2) is 4.79 Å². The molecule has 6 nitrogen and oxygen atoms in total. The van der Waals surface area contributed by atoms with Gasteiger partial charge in [0, 0.05) is 4.88 Å². The Morgan fingerprint density at radius 1 is 1.15 bits per heavy atom. The second kappa shape index (κ2) is 8.72. The molecule has 0 saturated carbocycles. The number of thiophene rings is 1. The normalized spacial score (nSPS) is 19.1. The summed E-state index contributed by atoms with van der Waals surface area (Å²) in [6.07, 6.45) is 2.66. The van der Waals surface area contributed by atoms with Crippen molar-refractivity contribution in [3.8, 4) is 11.5 Å². The highest BCUT2D eigenvalue weighted by atomic mass is 35.5. The fourth-order valence-corrected chi connectivity index (χ4v) is 6.01. The Kier molecular flexibility index (Phi) is 5.76. The van der Waals surface area contributed by atoms with Crippen molar-refractivity contribution in [2.75, 3.05) is 12.4 Å². The Morgan fingerprint density at radius 3 is 2.76 bits per heavy atom. The van der Waals surface area contributed by atoms with Crippen molar-refractivity contribution in [1.82, 2.24) is 5.32 Å². The van der Waals surface area contributed by atoms with Crippen molar-refractivity contribution in [2.45, 2.75) is 32.4 Å². The maximum absolute atomic E-state index is 13.0. The highest BCUT2D eigenvalue weighted by Crippen LogP contribution is 2.43. The molecule has 0 saturated heterocycles. The maximum Gasteiger partial charge on any atom is 0.345 e. The Morgan fingerprint density at radius 2 is 1.97 bits per heavy atom. The minimum absolute atomic E-state index is 0.0611. The van der Waals surface area contributed by atoms with E-state index in [-0.39, 0.29) is 17.2 Å². The zero-order valence-corrected chi connectivity index (χ0v) is 19.8. The minimum atomic E-state index is -0.571. The van der Waals surface area contributed by atoms with Crippen LogP contribution in [0.3, 0.4) is 0 Å². The summed E-state index contributed by atoms with van der Waals surface area (Å²) in [5.74, 6) is 0.665. The van der Waals surface area contributed by atoms with Crippen LogP contribution in [0.15, 0.2) is 42.5 Å². The number of methoxy groups -OCH3 is 1. The standard InChI is InChI=1S/C25H23ClN2O4S/c1-13-7-9-16-20(11-13)33-24-21(16)23(29)27-22(28-24)14-8-10-18(19(12-14)31-2)32-25(30)15-5-3-4-6-17(15)26/h3-6,8,10,12-13,22,28H,7,9,11H2,1-2H3,(H,27,29)/t13-,22+/m0/s1. The third kappa shape index (κ3) is 4.07. The number of amides is 1. The van der Waals surface area contributed by atoms with Crippen LogP contribution in [-0.2, 0) is 12.8 Å². The van der Waals surface area contributed by atoms with Gasteiger partial charge in [-0.1, -0.05) is 36.7 Å². The second-order valence-corrected chi connectivity index (χ2v) is 9.90. The Balaban J connectivity index is 1.39. The highest BCUT2D eigenvalue weighted by Gasteiger charge is 2.33. The smallest absolute Gasteiger partial charge is 0.345 e. The quantitative estimate of drug-likeness (QED) is 0.373. The van der Waals surface area contributed by atoms with E-state index in [2.05, 4.69) is 17.6 Å². The number of anilines is 1. The summed E-state index contributed by atoms with van der Waals surface area (Å²) in [5.41, 5.74) is 3.05. The molecule has 0 unspecified atom stereocenters. The number of ether oxygens (including phenoxy) is 2. The second-order valence-electron chi connectivity index (χ2n) is 8.39. The van der Waals surface area contributed by atoms with Crippen molar-refractivity contribution in [1.29, 1.82) is 0 Å². The SMILES string of the molecule is COc1cc([C@@H]2NC(=O)c3c(sc4c3CC[C@H](C)C4)N2)ccc1OC(=O)c1ccccc1Cl. The lowest BCUT2D eigenvalue weighted by atomic mass is 9.88. The monoisotopic (exact) mass is 482 g/mol. The molecule has 5 rings (SSSR count). The predicted octanol–water partition coefficient (Wildman–Crippen LogP) is 5.61. The number of halogens is 1. The highest BCUT2D eigenvalue weighted by molar-refractivity contribution is 7.16. The molecule has 1 aliphatic heterocycles. The number of hydrogen-bond donors (Lipinski definition) is 2. The van der Waals surface area contributed by atoms with Crippen molar-refractivity contribution in [3.63, 3.8) is 0 Å². The summed E-state index contributed by atoms with van der Waals surface area (Å²) < 4.78 is 11.0. The van der Waals surface area contributed by atoms with Gasteiger partial charge in [0.15, 0.2) is 11.5 Å². The van der Waals surface area contributed by atoms with Crippen molar-refractivity contribution < 1.29 is 19.1 Å². The zero-order chi connectivity index (χ0) is 23.1. The largest absolute Gasteiger partial charge is 0.493 e. The topological polar surface area (TPSA) is 76.7 Å². The van der Waals surface area contributed by atoms with E-state index in [0.717, 1.165) is 35.4 Å².